The van der Waals surface area contributed by atoms with E-state index in [0.717, 1.165) is 40.8 Å². The molecule has 4 aromatic rings. The summed E-state index contributed by atoms with van der Waals surface area (Å²) < 4.78 is 11.9. The molecule has 178 valence electrons. The van der Waals surface area contributed by atoms with Gasteiger partial charge in [-0.05, 0) is 55.7 Å². The topological polar surface area (TPSA) is 59.8 Å². The zero-order chi connectivity index (χ0) is 24.5. The van der Waals surface area contributed by atoms with Gasteiger partial charge in [0.2, 0.25) is 5.76 Å². The van der Waals surface area contributed by atoms with Crippen LogP contribution in [0.25, 0.3) is 11.0 Å². The molecule has 1 atom stereocenters. The van der Waals surface area contributed by atoms with E-state index >= 15 is 0 Å². The molecule has 35 heavy (non-hydrogen) atoms. The van der Waals surface area contributed by atoms with E-state index < -0.39 is 6.04 Å². The molecule has 1 aromatic heterocycles. The monoisotopic (exact) mass is 467 g/mol. The van der Waals surface area contributed by atoms with Gasteiger partial charge in [-0.3, -0.25) is 9.59 Å². The first kappa shape index (κ1) is 22.9. The molecule has 0 spiro atoms. The third-order valence-electron chi connectivity index (χ3n) is 6.56. The Morgan fingerprint density at radius 3 is 2.34 bits per heavy atom. The van der Waals surface area contributed by atoms with Gasteiger partial charge in [0.1, 0.15) is 11.3 Å². The zero-order valence-corrected chi connectivity index (χ0v) is 20.3. The van der Waals surface area contributed by atoms with E-state index in [-0.39, 0.29) is 17.1 Å². The van der Waals surface area contributed by atoms with Crippen LogP contribution >= 0.6 is 0 Å². The molecule has 0 N–H and O–H groups in total. The van der Waals surface area contributed by atoms with E-state index in [4.69, 9.17) is 9.15 Å². The Bertz CT molecular complexity index is 1430. The molecule has 0 radical (unpaired) electrons. The summed E-state index contributed by atoms with van der Waals surface area (Å²) in [6.07, 6.45) is 2.06. The van der Waals surface area contributed by atoms with Gasteiger partial charge in [0, 0.05) is 6.54 Å². The Labute approximate surface area is 205 Å². The van der Waals surface area contributed by atoms with Crippen molar-refractivity contribution in [3.8, 4) is 5.75 Å². The van der Waals surface area contributed by atoms with Crippen LogP contribution in [-0.2, 0) is 6.54 Å². The molecular weight excluding hydrogens is 438 g/mol. The SMILES string of the molecule is CCCCOc1ccc(C2c3c(oc4ccc(C)cc4c3=O)C(=O)N2Cc2ccc(C)cc2)cc1. The Balaban J connectivity index is 1.61. The molecule has 0 aliphatic carbocycles. The van der Waals surface area contributed by atoms with Crippen LogP contribution in [0.15, 0.2) is 75.9 Å². The van der Waals surface area contributed by atoms with E-state index in [9.17, 15) is 9.59 Å². The van der Waals surface area contributed by atoms with Crippen molar-refractivity contribution in [2.75, 3.05) is 6.61 Å². The number of unbranched alkanes of at least 4 members (excludes halogenated alkanes) is 1. The van der Waals surface area contributed by atoms with Gasteiger partial charge in [-0.2, -0.15) is 0 Å². The van der Waals surface area contributed by atoms with Crippen LogP contribution in [0.2, 0.25) is 0 Å². The van der Waals surface area contributed by atoms with Crippen molar-refractivity contribution in [1.29, 1.82) is 0 Å². The lowest BCUT2D eigenvalue weighted by molar-refractivity contribution is 0.0714. The first-order valence-corrected chi connectivity index (χ1v) is 12.1. The molecule has 5 heteroatoms. The van der Waals surface area contributed by atoms with Crippen molar-refractivity contribution >= 4 is 16.9 Å². The maximum Gasteiger partial charge on any atom is 0.291 e. The highest BCUT2D eigenvalue weighted by Crippen LogP contribution is 2.39. The van der Waals surface area contributed by atoms with Crippen LogP contribution < -0.4 is 10.2 Å². The van der Waals surface area contributed by atoms with E-state index in [2.05, 4.69) is 6.92 Å². The average molecular weight is 468 g/mol. The van der Waals surface area contributed by atoms with Crippen LogP contribution in [-0.4, -0.2) is 17.4 Å². The summed E-state index contributed by atoms with van der Waals surface area (Å²) in [6, 6.07) is 20.7. The molecule has 5 nitrogen and oxygen atoms in total. The molecule has 1 amide bonds. The molecule has 2 heterocycles. The van der Waals surface area contributed by atoms with Gasteiger partial charge in [-0.15, -0.1) is 0 Å². The van der Waals surface area contributed by atoms with Crippen LogP contribution in [0.4, 0.5) is 0 Å². The van der Waals surface area contributed by atoms with Gasteiger partial charge >= 0.3 is 0 Å². The third-order valence-corrected chi connectivity index (χ3v) is 6.56. The van der Waals surface area contributed by atoms with Crippen molar-refractivity contribution in [2.45, 2.75) is 46.2 Å². The van der Waals surface area contributed by atoms with Crippen molar-refractivity contribution in [1.82, 2.24) is 4.90 Å². The summed E-state index contributed by atoms with van der Waals surface area (Å²) in [5.41, 5.74) is 4.65. The number of fused-ring (bicyclic) bond motifs is 2. The van der Waals surface area contributed by atoms with E-state index in [1.165, 1.54) is 0 Å². The molecule has 0 saturated heterocycles. The van der Waals surface area contributed by atoms with Gasteiger partial charge < -0.3 is 14.1 Å². The van der Waals surface area contributed by atoms with Crippen molar-refractivity contribution < 1.29 is 13.9 Å². The summed E-state index contributed by atoms with van der Waals surface area (Å²) in [5, 5.41) is 0.498. The van der Waals surface area contributed by atoms with E-state index in [0.29, 0.717) is 29.7 Å². The molecular formula is C30H29NO4. The zero-order valence-electron chi connectivity index (χ0n) is 20.3. The van der Waals surface area contributed by atoms with Crippen LogP contribution in [0.1, 0.15) is 64.2 Å². The average Bonchev–Trinajstić information content (AvgIpc) is 3.13. The number of amides is 1. The number of ether oxygens (including phenoxy) is 1. The minimum Gasteiger partial charge on any atom is -0.494 e. The maximum atomic E-state index is 13.7. The van der Waals surface area contributed by atoms with Crippen LogP contribution in [0.3, 0.4) is 0 Å². The van der Waals surface area contributed by atoms with Gasteiger partial charge in [-0.1, -0.05) is 66.9 Å². The van der Waals surface area contributed by atoms with Crippen LogP contribution in [0.5, 0.6) is 5.75 Å². The van der Waals surface area contributed by atoms with Crippen LogP contribution in [0, 0.1) is 13.8 Å². The standard InChI is InChI=1S/C30H29NO4/c1-4-5-16-34-23-13-11-22(12-14-23)27-26-28(32)24-17-20(3)8-15-25(24)35-29(26)30(33)31(27)18-21-9-6-19(2)7-10-21/h6-15,17,27H,4-5,16,18H2,1-3H3. The first-order valence-electron chi connectivity index (χ1n) is 12.1. The van der Waals surface area contributed by atoms with Crippen molar-refractivity contribution in [3.05, 3.63) is 111 Å². The Kier molecular flexibility index (Phi) is 6.16. The van der Waals surface area contributed by atoms with Gasteiger partial charge in [0.05, 0.1) is 23.6 Å². The van der Waals surface area contributed by atoms with Gasteiger partial charge in [0.15, 0.2) is 5.43 Å². The Morgan fingerprint density at radius 2 is 1.63 bits per heavy atom. The summed E-state index contributed by atoms with van der Waals surface area (Å²) in [4.78, 5) is 29.1. The van der Waals surface area contributed by atoms with Gasteiger partial charge in [-0.25, -0.2) is 0 Å². The molecule has 5 rings (SSSR count). The molecule has 3 aromatic carbocycles. The van der Waals surface area contributed by atoms with E-state index in [1.807, 2.05) is 74.5 Å². The molecule has 0 saturated carbocycles. The number of carbonyl (C=O) groups excluding carboxylic acids is 1. The van der Waals surface area contributed by atoms with E-state index in [1.54, 1.807) is 11.0 Å². The lowest BCUT2D eigenvalue weighted by Gasteiger charge is -2.25. The quantitative estimate of drug-likeness (QED) is 0.298. The number of benzene rings is 3. The largest absolute Gasteiger partial charge is 0.494 e. The second-order valence-electron chi connectivity index (χ2n) is 9.27. The molecule has 1 unspecified atom stereocenters. The number of rotatable bonds is 7. The highest BCUT2D eigenvalue weighted by Gasteiger charge is 2.42. The smallest absolute Gasteiger partial charge is 0.291 e. The van der Waals surface area contributed by atoms with Gasteiger partial charge in [0.25, 0.3) is 5.91 Å². The number of aryl methyl sites for hydroxylation is 2. The fourth-order valence-electron chi connectivity index (χ4n) is 4.61. The molecule has 0 fully saturated rings. The number of hydrogen-bond acceptors (Lipinski definition) is 4. The second-order valence-corrected chi connectivity index (χ2v) is 9.27. The Hall–Kier alpha value is -3.86. The maximum absolute atomic E-state index is 13.7. The fraction of sp³-hybridized carbons (Fsp3) is 0.267. The summed E-state index contributed by atoms with van der Waals surface area (Å²) in [5.74, 6) is 0.637. The first-order chi connectivity index (χ1) is 17.0. The highest BCUT2D eigenvalue weighted by molar-refractivity contribution is 5.99. The fourth-order valence-corrected chi connectivity index (χ4v) is 4.61. The predicted octanol–water partition coefficient (Wildman–Crippen LogP) is 6.33. The van der Waals surface area contributed by atoms with Crippen molar-refractivity contribution in [2.24, 2.45) is 0 Å². The lowest BCUT2D eigenvalue weighted by atomic mass is 9.97. The Morgan fingerprint density at radius 1 is 0.914 bits per heavy atom. The third kappa shape index (κ3) is 4.34. The minimum absolute atomic E-state index is 0.131. The van der Waals surface area contributed by atoms with Crippen molar-refractivity contribution in [3.63, 3.8) is 0 Å². The summed E-state index contributed by atoms with van der Waals surface area (Å²) in [7, 11) is 0. The number of hydrogen-bond donors (Lipinski definition) is 0. The summed E-state index contributed by atoms with van der Waals surface area (Å²) >= 11 is 0. The number of carbonyl (C=O) groups is 1. The molecule has 0 bridgehead atoms. The normalized spacial score (nSPS) is 15.0. The molecule has 1 aliphatic heterocycles. The molecule has 1 aliphatic rings. The predicted molar refractivity (Wildman–Crippen MR) is 137 cm³/mol. The second kappa shape index (κ2) is 9.41. The minimum atomic E-state index is -0.537. The number of nitrogens with zero attached hydrogens (tertiary/aromatic N) is 1. The highest BCUT2D eigenvalue weighted by atomic mass is 16.5. The summed E-state index contributed by atoms with van der Waals surface area (Å²) in [6.45, 7) is 7.13. The lowest BCUT2D eigenvalue weighted by Crippen LogP contribution is -2.29.